The predicted octanol–water partition coefficient (Wildman–Crippen LogP) is 2.35. The van der Waals surface area contributed by atoms with Crippen LogP contribution in [0.5, 0.6) is 5.88 Å². The van der Waals surface area contributed by atoms with E-state index in [2.05, 4.69) is 19.9 Å². The van der Waals surface area contributed by atoms with E-state index in [1.807, 2.05) is 11.8 Å². The van der Waals surface area contributed by atoms with Gasteiger partial charge in [-0.05, 0) is 0 Å². The summed E-state index contributed by atoms with van der Waals surface area (Å²) in [6, 6.07) is 1.74. The van der Waals surface area contributed by atoms with Gasteiger partial charge in [0.1, 0.15) is 16.7 Å². The molecule has 3 heterocycles. The summed E-state index contributed by atoms with van der Waals surface area (Å²) < 4.78 is 5.73. The van der Waals surface area contributed by atoms with Gasteiger partial charge in [0.15, 0.2) is 5.82 Å². The van der Waals surface area contributed by atoms with Crippen molar-refractivity contribution in [3.8, 4) is 17.4 Å². The molecule has 3 rings (SSSR count). The standard InChI is InChI=1S/C11H10N4OS2/c1-16-9-2-7(12-5-13-9)10-14-8-4-18-3-6(8)11(17)15-10/h2,5H,3-4H2,1H3,(H,14,15,17). The van der Waals surface area contributed by atoms with Crippen molar-refractivity contribution in [2.75, 3.05) is 7.11 Å². The third kappa shape index (κ3) is 1.99. The summed E-state index contributed by atoms with van der Waals surface area (Å²) in [7, 11) is 1.57. The Labute approximate surface area is 113 Å². The maximum atomic E-state index is 5.31. The van der Waals surface area contributed by atoms with Crippen LogP contribution in [0, 0.1) is 4.64 Å². The molecule has 0 saturated heterocycles. The summed E-state index contributed by atoms with van der Waals surface area (Å²) in [5.74, 6) is 3.06. The quantitative estimate of drug-likeness (QED) is 0.851. The summed E-state index contributed by atoms with van der Waals surface area (Å²) in [5, 5.41) is 0. The molecule has 0 fully saturated rings. The first-order valence-corrected chi connectivity index (χ1v) is 6.90. The second-order valence-corrected chi connectivity index (χ2v) is 5.16. The van der Waals surface area contributed by atoms with Gasteiger partial charge in [0, 0.05) is 28.8 Å². The number of methoxy groups -OCH3 is 1. The Balaban J connectivity index is 2.12. The number of hydrogen-bond donors (Lipinski definition) is 1. The molecule has 0 amide bonds. The molecule has 2 aromatic heterocycles. The number of thioether (sulfide) groups is 1. The minimum atomic E-state index is 0.510. The number of aromatic amines is 1. The normalized spacial score (nSPS) is 13.4. The van der Waals surface area contributed by atoms with E-state index >= 15 is 0 Å². The lowest BCUT2D eigenvalue weighted by molar-refractivity contribution is 0.397. The number of nitrogens with zero attached hydrogens (tertiary/aromatic N) is 3. The van der Waals surface area contributed by atoms with Crippen LogP contribution in [0.15, 0.2) is 12.4 Å². The molecule has 2 aromatic rings. The first-order chi connectivity index (χ1) is 8.78. The van der Waals surface area contributed by atoms with Crippen LogP contribution in [-0.4, -0.2) is 27.0 Å². The van der Waals surface area contributed by atoms with Crippen molar-refractivity contribution in [3.63, 3.8) is 0 Å². The topological polar surface area (TPSA) is 63.7 Å². The highest BCUT2D eigenvalue weighted by molar-refractivity contribution is 7.98. The SMILES string of the molecule is COc1cc(-c2nc(=S)c3c([nH]2)CSC3)ncn1. The molecule has 1 aliphatic rings. The van der Waals surface area contributed by atoms with Gasteiger partial charge in [-0.2, -0.15) is 11.8 Å². The van der Waals surface area contributed by atoms with Crippen LogP contribution in [0.1, 0.15) is 11.3 Å². The van der Waals surface area contributed by atoms with Crippen LogP contribution in [0.4, 0.5) is 0 Å². The monoisotopic (exact) mass is 278 g/mol. The molecule has 1 aliphatic heterocycles. The van der Waals surface area contributed by atoms with Crippen molar-refractivity contribution >= 4 is 24.0 Å². The maximum absolute atomic E-state index is 5.31. The zero-order valence-corrected chi connectivity index (χ0v) is 11.3. The average molecular weight is 278 g/mol. The molecule has 7 heteroatoms. The van der Waals surface area contributed by atoms with Gasteiger partial charge in [-0.15, -0.1) is 0 Å². The van der Waals surface area contributed by atoms with Crippen molar-refractivity contribution in [2.45, 2.75) is 11.5 Å². The van der Waals surface area contributed by atoms with Gasteiger partial charge in [-0.1, -0.05) is 12.2 Å². The lowest BCUT2D eigenvalue weighted by Crippen LogP contribution is -1.99. The van der Waals surface area contributed by atoms with E-state index < -0.39 is 0 Å². The van der Waals surface area contributed by atoms with Gasteiger partial charge in [0.25, 0.3) is 0 Å². The first-order valence-electron chi connectivity index (χ1n) is 5.34. The lowest BCUT2D eigenvalue weighted by atomic mass is 10.2. The molecule has 18 heavy (non-hydrogen) atoms. The molecule has 0 saturated carbocycles. The number of fused-ring (bicyclic) bond motifs is 1. The number of H-pyrrole nitrogens is 1. The summed E-state index contributed by atoms with van der Waals surface area (Å²) in [6.45, 7) is 0. The molecule has 0 radical (unpaired) electrons. The second-order valence-electron chi connectivity index (χ2n) is 3.79. The fourth-order valence-electron chi connectivity index (χ4n) is 1.77. The van der Waals surface area contributed by atoms with Crippen molar-refractivity contribution in [3.05, 3.63) is 28.3 Å². The van der Waals surface area contributed by atoms with Gasteiger partial charge in [0.05, 0.1) is 7.11 Å². The maximum Gasteiger partial charge on any atom is 0.216 e. The molecule has 5 nitrogen and oxygen atoms in total. The minimum absolute atomic E-state index is 0.510. The van der Waals surface area contributed by atoms with E-state index in [0.717, 1.165) is 22.8 Å². The van der Waals surface area contributed by atoms with Crippen molar-refractivity contribution < 1.29 is 4.74 Å². The van der Waals surface area contributed by atoms with Crippen molar-refractivity contribution in [1.82, 2.24) is 19.9 Å². The predicted molar refractivity (Wildman–Crippen MR) is 72.0 cm³/mol. The average Bonchev–Trinajstić information content (AvgIpc) is 2.87. The van der Waals surface area contributed by atoms with Crippen LogP contribution in [0.2, 0.25) is 0 Å². The number of rotatable bonds is 2. The van der Waals surface area contributed by atoms with E-state index in [-0.39, 0.29) is 0 Å². The molecular formula is C11H10N4OS2. The fraction of sp³-hybridized carbons (Fsp3) is 0.273. The molecule has 0 aliphatic carbocycles. The molecule has 92 valence electrons. The van der Waals surface area contributed by atoms with Crippen LogP contribution < -0.4 is 4.74 Å². The van der Waals surface area contributed by atoms with Crippen molar-refractivity contribution in [1.29, 1.82) is 0 Å². The summed E-state index contributed by atoms with van der Waals surface area (Å²) >= 11 is 7.14. The van der Waals surface area contributed by atoms with Gasteiger partial charge in [0.2, 0.25) is 5.88 Å². The van der Waals surface area contributed by atoms with Crippen LogP contribution in [0.25, 0.3) is 11.5 Å². The zero-order valence-electron chi connectivity index (χ0n) is 9.64. The minimum Gasteiger partial charge on any atom is -0.481 e. The van der Waals surface area contributed by atoms with E-state index in [9.17, 15) is 0 Å². The van der Waals surface area contributed by atoms with Gasteiger partial charge in [-0.3, -0.25) is 0 Å². The van der Waals surface area contributed by atoms with E-state index in [1.165, 1.54) is 6.33 Å². The molecule has 0 bridgehead atoms. The highest BCUT2D eigenvalue weighted by Gasteiger charge is 2.16. The molecule has 0 atom stereocenters. The molecule has 1 N–H and O–H groups in total. The van der Waals surface area contributed by atoms with Gasteiger partial charge < -0.3 is 9.72 Å². The third-order valence-corrected chi connectivity index (χ3v) is 4.01. The van der Waals surface area contributed by atoms with E-state index in [4.69, 9.17) is 17.0 Å². The van der Waals surface area contributed by atoms with Crippen molar-refractivity contribution in [2.24, 2.45) is 0 Å². The Morgan fingerprint density at radius 2 is 2.28 bits per heavy atom. The largest absolute Gasteiger partial charge is 0.481 e. The molecule has 0 spiro atoms. The third-order valence-electron chi connectivity index (χ3n) is 2.69. The molecule has 0 unspecified atom stereocenters. The number of nitrogens with one attached hydrogen (secondary N) is 1. The lowest BCUT2D eigenvalue weighted by Gasteiger charge is -2.05. The van der Waals surface area contributed by atoms with E-state index in [1.54, 1.807) is 13.2 Å². The Bertz CT molecular complexity index is 656. The smallest absolute Gasteiger partial charge is 0.216 e. The highest BCUT2D eigenvalue weighted by Crippen LogP contribution is 2.30. The van der Waals surface area contributed by atoms with Gasteiger partial charge in [-0.25, -0.2) is 15.0 Å². The second kappa shape index (κ2) is 4.66. The van der Waals surface area contributed by atoms with Gasteiger partial charge >= 0.3 is 0 Å². The summed E-state index contributed by atoms with van der Waals surface area (Å²) in [5.41, 5.74) is 2.97. The van der Waals surface area contributed by atoms with Crippen LogP contribution in [-0.2, 0) is 11.5 Å². The number of aromatic nitrogens is 4. The Kier molecular flexibility index (Phi) is 3.00. The zero-order chi connectivity index (χ0) is 12.5. The molecule has 0 aromatic carbocycles. The Hall–Kier alpha value is -1.47. The van der Waals surface area contributed by atoms with Crippen LogP contribution in [0.3, 0.4) is 0 Å². The van der Waals surface area contributed by atoms with Crippen LogP contribution >= 0.6 is 24.0 Å². The Morgan fingerprint density at radius 3 is 3.11 bits per heavy atom. The number of hydrogen-bond acceptors (Lipinski definition) is 6. The number of ether oxygens (including phenoxy) is 1. The summed E-state index contributed by atoms with van der Waals surface area (Å²) in [4.78, 5) is 15.8. The first kappa shape index (κ1) is 11.6. The Morgan fingerprint density at radius 1 is 1.39 bits per heavy atom. The molecular weight excluding hydrogens is 268 g/mol. The fourth-order valence-corrected chi connectivity index (χ4v) is 3.22. The van der Waals surface area contributed by atoms with E-state index in [0.29, 0.717) is 22.0 Å². The summed E-state index contributed by atoms with van der Waals surface area (Å²) in [6.07, 6.45) is 1.45. The highest BCUT2D eigenvalue weighted by atomic mass is 32.2.